The van der Waals surface area contributed by atoms with Crippen molar-refractivity contribution in [2.24, 2.45) is 35.5 Å². The Hall–Kier alpha value is -0.240. The molecule has 6 fully saturated rings. The highest BCUT2D eigenvalue weighted by molar-refractivity contribution is 4.91. The summed E-state index contributed by atoms with van der Waals surface area (Å²) < 4.78 is 33.5. The third-order valence-corrected chi connectivity index (χ3v) is 7.65. The minimum Gasteiger partial charge on any atom is -0.375 e. The van der Waals surface area contributed by atoms with Crippen LogP contribution in [0.2, 0.25) is 0 Å². The fourth-order valence-electron chi connectivity index (χ4n) is 5.64. The predicted octanol–water partition coefficient (Wildman–Crippen LogP) is 3.17. The molecule has 0 aliphatic carbocycles. The molecule has 6 heterocycles. The maximum Gasteiger partial charge on any atom is 0.0887 e. The normalized spacial score (nSPS) is 53.4. The van der Waals surface area contributed by atoms with Crippen LogP contribution in [0.4, 0.5) is 0 Å². The van der Waals surface area contributed by atoms with Crippen molar-refractivity contribution in [1.29, 1.82) is 0 Å². The molecule has 0 aromatic rings. The van der Waals surface area contributed by atoms with Gasteiger partial charge >= 0.3 is 0 Å². The molecule has 0 bridgehead atoms. The summed E-state index contributed by atoms with van der Waals surface area (Å²) in [6, 6.07) is 0. The molecular formula is C24H42O6. The molecule has 6 nitrogen and oxygen atoms in total. The van der Waals surface area contributed by atoms with Crippen molar-refractivity contribution in [3.63, 3.8) is 0 Å². The Morgan fingerprint density at radius 2 is 0.433 bits per heavy atom. The Morgan fingerprint density at radius 3 is 0.567 bits per heavy atom. The van der Waals surface area contributed by atoms with Gasteiger partial charge in [-0.2, -0.15) is 0 Å². The molecule has 0 aromatic carbocycles. The summed E-state index contributed by atoms with van der Waals surface area (Å²) in [5, 5.41) is 0. The number of fused-ring (bicyclic) bond motifs is 3. The molecule has 12 atom stereocenters. The van der Waals surface area contributed by atoms with Gasteiger partial charge in [0.15, 0.2) is 0 Å². The third-order valence-electron chi connectivity index (χ3n) is 7.65. The molecule has 0 amide bonds. The van der Waals surface area contributed by atoms with Crippen molar-refractivity contribution in [2.45, 2.75) is 78.2 Å². The van der Waals surface area contributed by atoms with Crippen LogP contribution in [0.1, 0.15) is 41.5 Å². The van der Waals surface area contributed by atoms with E-state index in [0.717, 1.165) is 39.6 Å². The first-order valence-electron chi connectivity index (χ1n) is 12.1. The zero-order valence-corrected chi connectivity index (χ0v) is 19.6. The molecule has 0 N–H and O–H groups in total. The Bertz CT molecular complexity index is 434. The van der Waals surface area contributed by atoms with Crippen molar-refractivity contribution in [1.82, 2.24) is 0 Å². The van der Waals surface area contributed by atoms with Gasteiger partial charge in [-0.25, -0.2) is 0 Å². The molecule has 6 rings (SSSR count). The lowest BCUT2D eigenvalue weighted by Crippen LogP contribution is -2.23. The van der Waals surface area contributed by atoms with E-state index >= 15 is 0 Å². The van der Waals surface area contributed by atoms with Crippen LogP contribution in [0.5, 0.6) is 0 Å². The van der Waals surface area contributed by atoms with Gasteiger partial charge in [-0.3, -0.25) is 0 Å². The van der Waals surface area contributed by atoms with E-state index < -0.39 is 0 Å². The first-order valence-corrected chi connectivity index (χ1v) is 12.1. The highest BCUT2D eigenvalue weighted by Gasteiger charge is 2.45. The molecule has 9 unspecified atom stereocenters. The molecule has 0 saturated carbocycles. The van der Waals surface area contributed by atoms with Gasteiger partial charge in [0.05, 0.1) is 76.3 Å². The minimum absolute atomic E-state index is 0.398. The molecule has 0 radical (unpaired) electrons. The van der Waals surface area contributed by atoms with Gasteiger partial charge in [0.25, 0.3) is 0 Å². The summed E-state index contributed by atoms with van der Waals surface area (Å²) in [5.74, 6) is 3.64. The smallest absolute Gasteiger partial charge is 0.0887 e. The van der Waals surface area contributed by atoms with E-state index in [1.165, 1.54) is 0 Å². The van der Waals surface area contributed by atoms with E-state index in [-0.39, 0.29) is 0 Å². The van der Waals surface area contributed by atoms with Gasteiger partial charge in [-0.05, 0) is 0 Å². The van der Waals surface area contributed by atoms with E-state index in [4.69, 9.17) is 28.4 Å². The van der Waals surface area contributed by atoms with E-state index in [0.29, 0.717) is 72.1 Å². The Kier molecular flexibility index (Phi) is 7.43. The summed E-state index contributed by atoms with van der Waals surface area (Å²) in [5.41, 5.74) is 0. The Balaban J connectivity index is 0.000000109. The van der Waals surface area contributed by atoms with Crippen LogP contribution in [0.3, 0.4) is 0 Å². The molecule has 6 aliphatic rings. The summed E-state index contributed by atoms with van der Waals surface area (Å²) in [7, 11) is 0. The lowest BCUT2D eigenvalue weighted by molar-refractivity contribution is 0.0627. The topological polar surface area (TPSA) is 55.4 Å². The van der Waals surface area contributed by atoms with Crippen LogP contribution in [-0.2, 0) is 28.4 Å². The largest absolute Gasteiger partial charge is 0.375 e. The van der Waals surface area contributed by atoms with Gasteiger partial charge in [-0.1, -0.05) is 41.5 Å². The highest BCUT2D eigenvalue weighted by Crippen LogP contribution is 2.35. The Labute approximate surface area is 182 Å². The molecule has 6 heteroatoms. The molecular weight excluding hydrogens is 384 g/mol. The zero-order valence-electron chi connectivity index (χ0n) is 19.6. The van der Waals surface area contributed by atoms with Crippen molar-refractivity contribution in [3.05, 3.63) is 0 Å². The first-order chi connectivity index (χ1) is 14.4. The lowest BCUT2D eigenvalue weighted by atomic mass is 9.99. The van der Waals surface area contributed by atoms with E-state index in [1.807, 2.05) is 0 Å². The monoisotopic (exact) mass is 426 g/mol. The molecule has 6 aliphatic heterocycles. The zero-order chi connectivity index (χ0) is 21.4. The van der Waals surface area contributed by atoms with Gasteiger partial charge in [-0.15, -0.1) is 0 Å². The predicted molar refractivity (Wildman–Crippen MR) is 113 cm³/mol. The van der Waals surface area contributed by atoms with E-state index in [1.54, 1.807) is 0 Å². The van der Waals surface area contributed by atoms with Crippen molar-refractivity contribution >= 4 is 0 Å². The second-order valence-electron chi connectivity index (χ2n) is 10.7. The molecule has 6 saturated heterocycles. The molecule has 0 aromatic heterocycles. The maximum atomic E-state index is 5.58. The van der Waals surface area contributed by atoms with E-state index in [2.05, 4.69) is 41.5 Å². The van der Waals surface area contributed by atoms with E-state index in [9.17, 15) is 0 Å². The van der Waals surface area contributed by atoms with Crippen molar-refractivity contribution in [3.8, 4) is 0 Å². The van der Waals surface area contributed by atoms with Crippen LogP contribution in [0.15, 0.2) is 0 Å². The summed E-state index contributed by atoms with van der Waals surface area (Å²) in [6.45, 7) is 18.5. The fourth-order valence-corrected chi connectivity index (χ4v) is 5.64. The average molecular weight is 427 g/mol. The Morgan fingerprint density at radius 1 is 0.300 bits per heavy atom. The van der Waals surface area contributed by atoms with Crippen LogP contribution in [0.25, 0.3) is 0 Å². The van der Waals surface area contributed by atoms with Crippen LogP contribution < -0.4 is 0 Å². The molecule has 174 valence electrons. The van der Waals surface area contributed by atoms with Gasteiger partial charge in [0.2, 0.25) is 0 Å². The van der Waals surface area contributed by atoms with Crippen molar-refractivity contribution < 1.29 is 28.4 Å². The second kappa shape index (κ2) is 9.72. The number of ether oxygens (including phenoxy) is 6. The van der Waals surface area contributed by atoms with Crippen LogP contribution in [-0.4, -0.2) is 76.3 Å². The van der Waals surface area contributed by atoms with Gasteiger partial charge < -0.3 is 28.4 Å². The lowest BCUT2D eigenvalue weighted by Gasteiger charge is -2.10. The quantitative estimate of drug-likeness (QED) is 0.593. The van der Waals surface area contributed by atoms with Crippen LogP contribution >= 0.6 is 0 Å². The summed E-state index contributed by atoms with van der Waals surface area (Å²) >= 11 is 0. The first kappa shape index (κ1) is 22.9. The SMILES string of the molecule is CC1COC2C(C)COC12.CC1COC2C1OC[C@@H]2C.C[C@H]1COC2C1OC[C@@H]2C. The number of hydrogen-bond acceptors (Lipinski definition) is 6. The highest BCUT2D eigenvalue weighted by atomic mass is 16.6. The minimum atomic E-state index is 0.398. The summed E-state index contributed by atoms with van der Waals surface area (Å²) in [6.07, 6.45) is 2.39. The fraction of sp³-hybridized carbons (Fsp3) is 1.00. The van der Waals surface area contributed by atoms with Crippen molar-refractivity contribution in [2.75, 3.05) is 39.6 Å². The van der Waals surface area contributed by atoms with Gasteiger partial charge in [0.1, 0.15) is 0 Å². The van der Waals surface area contributed by atoms with Gasteiger partial charge in [0, 0.05) is 35.5 Å². The standard InChI is InChI=1S/3C8H14O2/c3*1-5-3-9-8-6(2)4-10-7(5)8/h3*5-8H,3-4H2,1-2H3/t5-,6?,7?,8?;5-,6-,7?,8?;/m00./s1. The summed E-state index contributed by atoms with van der Waals surface area (Å²) in [4.78, 5) is 0. The molecule has 30 heavy (non-hydrogen) atoms. The number of hydrogen-bond donors (Lipinski definition) is 0. The maximum absolute atomic E-state index is 5.58. The average Bonchev–Trinajstić information content (AvgIpc) is 3.52. The van der Waals surface area contributed by atoms with Crippen LogP contribution in [0, 0.1) is 35.5 Å². The number of rotatable bonds is 0. The second-order valence-corrected chi connectivity index (χ2v) is 10.7. The third kappa shape index (κ3) is 4.60. The molecule has 0 spiro atoms.